The first-order chi connectivity index (χ1) is 8.63. The molecule has 0 aliphatic heterocycles. The Morgan fingerprint density at radius 2 is 2.11 bits per heavy atom. The van der Waals surface area contributed by atoms with Crippen LogP contribution in [0.4, 0.5) is 0 Å². The first-order valence-corrected chi connectivity index (χ1v) is 6.87. The molecule has 1 nitrogen and oxygen atoms in total. The predicted molar refractivity (Wildman–Crippen MR) is 78.8 cm³/mol. The standard InChI is InChI=1S/C14H9Cl2NS/c1-9-7-10(4-5-12(9)15)14(16)11(8-17)13-3-2-6-18-13/h2-7H,1H3/b14-11+. The molecule has 1 heterocycles. The van der Waals surface area contributed by atoms with Crippen LogP contribution in [-0.4, -0.2) is 0 Å². The van der Waals surface area contributed by atoms with Crippen LogP contribution >= 0.6 is 34.5 Å². The zero-order chi connectivity index (χ0) is 13.1. The maximum Gasteiger partial charge on any atom is 0.102 e. The number of rotatable bonds is 2. The summed E-state index contributed by atoms with van der Waals surface area (Å²) in [7, 11) is 0. The predicted octanol–water partition coefficient (Wildman–Crippen LogP) is 5.34. The van der Waals surface area contributed by atoms with Crippen molar-refractivity contribution in [2.75, 3.05) is 0 Å². The number of allylic oxidation sites excluding steroid dienone is 1. The zero-order valence-electron chi connectivity index (χ0n) is 9.58. The summed E-state index contributed by atoms with van der Waals surface area (Å²) in [5.41, 5.74) is 2.24. The van der Waals surface area contributed by atoms with Crippen LogP contribution in [0.3, 0.4) is 0 Å². The van der Waals surface area contributed by atoms with Gasteiger partial charge in [0.25, 0.3) is 0 Å². The Morgan fingerprint density at radius 1 is 1.33 bits per heavy atom. The van der Waals surface area contributed by atoms with Gasteiger partial charge in [-0.2, -0.15) is 5.26 Å². The van der Waals surface area contributed by atoms with Crippen LogP contribution < -0.4 is 0 Å². The number of nitriles is 1. The fraction of sp³-hybridized carbons (Fsp3) is 0.0714. The van der Waals surface area contributed by atoms with E-state index in [1.54, 1.807) is 6.07 Å². The van der Waals surface area contributed by atoms with Crippen molar-refractivity contribution >= 4 is 45.1 Å². The summed E-state index contributed by atoms with van der Waals surface area (Å²) in [6.45, 7) is 1.91. The van der Waals surface area contributed by atoms with Crippen LogP contribution in [0.15, 0.2) is 35.7 Å². The molecule has 0 saturated carbocycles. The third kappa shape index (κ3) is 2.59. The highest BCUT2D eigenvalue weighted by Crippen LogP contribution is 2.32. The minimum absolute atomic E-state index is 0.458. The number of benzene rings is 1. The summed E-state index contributed by atoms with van der Waals surface area (Å²) in [5, 5.41) is 12.3. The quantitative estimate of drug-likeness (QED) is 0.686. The molecule has 0 spiro atoms. The SMILES string of the molecule is Cc1cc(/C(Cl)=C(/C#N)c2cccs2)ccc1Cl. The molecule has 4 heteroatoms. The Morgan fingerprint density at radius 3 is 2.67 bits per heavy atom. The summed E-state index contributed by atoms with van der Waals surface area (Å²) >= 11 is 13.8. The first kappa shape index (κ1) is 13.2. The number of halogens is 2. The second kappa shape index (κ2) is 5.58. The van der Waals surface area contributed by atoms with Crippen LogP contribution in [-0.2, 0) is 0 Å². The smallest absolute Gasteiger partial charge is 0.102 e. The molecule has 1 aromatic heterocycles. The summed E-state index contributed by atoms with van der Waals surface area (Å²) in [6, 6.07) is 11.4. The third-order valence-corrected chi connectivity index (χ3v) is 4.23. The average Bonchev–Trinajstić information content (AvgIpc) is 2.87. The number of thiophene rings is 1. The number of hydrogen-bond acceptors (Lipinski definition) is 2. The van der Waals surface area contributed by atoms with Gasteiger partial charge in [0, 0.05) is 9.90 Å². The summed E-state index contributed by atoms with van der Waals surface area (Å²) in [6.07, 6.45) is 0. The second-order valence-electron chi connectivity index (χ2n) is 3.74. The van der Waals surface area contributed by atoms with E-state index in [-0.39, 0.29) is 0 Å². The number of hydrogen-bond donors (Lipinski definition) is 0. The van der Waals surface area contributed by atoms with Crippen LogP contribution in [0.1, 0.15) is 16.0 Å². The Labute approximate surface area is 120 Å². The Bertz CT molecular complexity index is 636. The van der Waals surface area contributed by atoms with E-state index in [1.165, 1.54) is 11.3 Å². The lowest BCUT2D eigenvalue weighted by atomic mass is 10.1. The molecule has 0 radical (unpaired) electrons. The summed E-state index contributed by atoms with van der Waals surface area (Å²) in [4.78, 5) is 0.870. The lowest BCUT2D eigenvalue weighted by Gasteiger charge is -2.05. The van der Waals surface area contributed by atoms with E-state index in [2.05, 4.69) is 6.07 Å². The summed E-state index contributed by atoms with van der Waals surface area (Å²) < 4.78 is 0. The molecule has 2 rings (SSSR count). The maximum atomic E-state index is 9.24. The monoisotopic (exact) mass is 293 g/mol. The first-order valence-electron chi connectivity index (χ1n) is 5.23. The molecule has 0 aliphatic carbocycles. The fourth-order valence-electron chi connectivity index (χ4n) is 1.56. The van der Waals surface area contributed by atoms with Gasteiger partial charge in [0.1, 0.15) is 6.07 Å². The summed E-state index contributed by atoms with van der Waals surface area (Å²) in [5.74, 6) is 0. The van der Waals surface area contributed by atoms with Crippen molar-refractivity contribution in [3.63, 3.8) is 0 Å². The number of aryl methyl sites for hydroxylation is 1. The lowest BCUT2D eigenvalue weighted by molar-refractivity contribution is 1.45. The molecule has 0 fully saturated rings. The molecule has 18 heavy (non-hydrogen) atoms. The molecular weight excluding hydrogens is 285 g/mol. The van der Waals surface area contributed by atoms with Crippen LogP contribution in [0.2, 0.25) is 5.02 Å². The Hall–Kier alpha value is -1.27. The lowest BCUT2D eigenvalue weighted by Crippen LogP contribution is -1.85. The van der Waals surface area contributed by atoms with Crippen molar-refractivity contribution in [3.8, 4) is 6.07 Å². The van der Waals surface area contributed by atoms with Crippen LogP contribution in [0.5, 0.6) is 0 Å². The topological polar surface area (TPSA) is 23.8 Å². The van der Waals surface area contributed by atoms with Gasteiger partial charge in [0.05, 0.1) is 10.6 Å². The largest absolute Gasteiger partial charge is 0.192 e. The molecular formula is C14H9Cl2NS. The van der Waals surface area contributed by atoms with Crippen molar-refractivity contribution in [3.05, 3.63) is 56.7 Å². The van der Waals surface area contributed by atoms with Gasteiger partial charge in [-0.05, 0) is 41.6 Å². The molecule has 0 amide bonds. The van der Waals surface area contributed by atoms with E-state index >= 15 is 0 Å². The van der Waals surface area contributed by atoms with E-state index in [9.17, 15) is 5.26 Å². The van der Waals surface area contributed by atoms with Crippen molar-refractivity contribution in [2.24, 2.45) is 0 Å². The normalized spacial score (nSPS) is 11.9. The highest BCUT2D eigenvalue weighted by molar-refractivity contribution is 7.11. The van der Waals surface area contributed by atoms with Gasteiger partial charge >= 0.3 is 0 Å². The van der Waals surface area contributed by atoms with Crippen LogP contribution in [0, 0.1) is 18.3 Å². The second-order valence-corrected chi connectivity index (χ2v) is 5.47. The van der Waals surface area contributed by atoms with E-state index in [1.807, 2.05) is 36.6 Å². The van der Waals surface area contributed by atoms with E-state index in [0.29, 0.717) is 15.6 Å². The van der Waals surface area contributed by atoms with E-state index < -0.39 is 0 Å². The van der Waals surface area contributed by atoms with Gasteiger partial charge in [-0.3, -0.25) is 0 Å². The molecule has 0 bridgehead atoms. The fourth-order valence-corrected chi connectivity index (χ4v) is 2.72. The van der Waals surface area contributed by atoms with Crippen molar-refractivity contribution in [2.45, 2.75) is 6.92 Å². The van der Waals surface area contributed by atoms with Gasteiger partial charge in [0.2, 0.25) is 0 Å². The molecule has 90 valence electrons. The van der Waals surface area contributed by atoms with Crippen molar-refractivity contribution in [1.82, 2.24) is 0 Å². The highest BCUT2D eigenvalue weighted by Gasteiger charge is 2.11. The van der Waals surface area contributed by atoms with E-state index in [4.69, 9.17) is 23.2 Å². The van der Waals surface area contributed by atoms with Crippen LogP contribution in [0.25, 0.3) is 10.6 Å². The molecule has 0 unspecified atom stereocenters. The minimum atomic E-state index is 0.458. The van der Waals surface area contributed by atoms with Crippen molar-refractivity contribution in [1.29, 1.82) is 5.26 Å². The highest BCUT2D eigenvalue weighted by atomic mass is 35.5. The van der Waals surface area contributed by atoms with E-state index in [0.717, 1.165) is 16.0 Å². The van der Waals surface area contributed by atoms with Gasteiger partial charge < -0.3 is 0 Å². The molecule has 2 aromatic rings. The maximum absolute atomic E-state index is 9.24. The molecule has 0 N–H and O–H groups in total. The minimum Gasteiger partial charge on any atom is -0.192 e. The molecule has 1 aromatic carbocycles. The zero-order valence-corrected chi connectivity index (χ0v) is 11.9. The Balaban J connectivity index is 2.54. The average molecular weight is 294 g/mol. The van der Waals surface area contributed by atoms with Gasteiger partial charge in [-0.15, -0.1) is 11.3 Å². The third-order valence-electron chi connectivity index (χ3n) is 2.51. The molecule has 0 saturated heterocycles. The van der Waals surface area contributed by atoms with Gasteiger partial charge in [-0.1, -0.05) is 35.3 Å². The molecule has 0 atom stereocenters. The number of nitrogens with zero attached hydrogens (tertiary/aromatic N) is 1. The van der Waals surface area contributed by atoms with Crippen molar-refractivity contribution < 1.29 is 0 Å². The Kier molecular flexibility index (Phi) is 4.08. The van der Waals surface area contributed by atoms with Gasteiger partial charge in [0.15, 0.2) is 0 Å². The molecule has 0 aliphatic rings. The van der Waals surface area contributed by atoms with Gasteiger partial charge in [-0.25, -0.2) is 0 Å².